The van der Waals surface area contributed by atoms with Crippen LogP contribution in [0.4, 0.5) is 0 Å². The first-order valence-electron chi connectivity index (χ1n) is 8.84. The molecule has 0 aromatic heterocycles. The highest BCUT2D eigenvalue weighted by atomic mass is 32.2. The van der Waals surface area contributed by atoms with Crippen molar-refractivity contribution in [2.45, 2.75) is 17.4 Å². The van der Waals surface area contributed by atoms with E-state index in [9.17, 15) is 13.5 Å². The van der Waals surface area contributed by atoms with Crippen LogP contribution < -0.4 is 9.46 Å². The molecule has 0 fully saturated rings. The molecule has 3 aromatic carbocycles. The number of benzene rings is 3. The number of hydrogen-bond acceptors (Lipinski definition) is 4. The number of para-hydroxylation sites is 1. The highest BCUT2D eigenvalue weighted by molar-refractivity contribution is 7.89. The van der Waals surface area contributed by atoms with Gasteiger partial charge in [-0.05, 0) is 35.7 Å². The Bertz CT molecular complexity index is 1030. The first-order chi connectivity index (χ1) is 13.3. The fraction of sp³-hybridized carbons (Fsp3) is 0.182. The lowest BCUT2D eigenvalue weighted by Gasteiger charge is -2.24. The Morgan fingerprint density at radius 2 is 1.46 bits per heavy atom. The van der Waals surface area contributed by atoms with Crippen LogP contribution in [0.2, 0.25) is 0 Å². The monoisotopic (exact) mass is 397 g/mol. The maximum Gasteiger partial charge on any atom is 0.244 e. The van der Waals surface area contributed by atoms with Gasteiger partial charge in [0.15, 0.2) is 0 Å². The fourth-order valence-electron chi connectivity index (χ4n) is 2.91. The molecule has 0 aliphatic heterocycles. The normalized spacial score (nSPS) is 13.7. The van der Waals surface area contributed by atoms with Crippen molar-refractivity contribution in [1.82, 2.24) is 4.72 Å². The van der Waals surface area contributed by atoms with Crippen molar-refractivity contribution in [2.24, 2.45) is 0 Å². The third-order valence-corrected chi connectivity index (χ3v) is 6.02. The average Bonchev–Trinajstić information content (AvgIpc) is 2.73. The third-order valence-electron chi connectivity index (χ3n) is 4.58. The van der Waals surface area contributed by atoms with Crippen LogP contribution in [0, 0.1) is 0 Å². The van der Waals surface area contributed by atoms with Gasteiger partial charge in [0, 0.05) is 6.54 Å². The van der Waals surface area contributed by atoms with Gasteiger partial charge in [0.25, 0.3) is 0 Å². The maximum atomic E-state index is 12.6. The Morgan fingerprint density at radius 3 is 2.11 bits per heavy atom. The zero-order chi connectivity index (χ0) is 20.2. The third kappa shape index (κ3) is 4.42. The fourth-order valence-corrected chi connectivity index (χ4v) is 4.21. The van der Waals surface area contributed by atoms with Crippen molar-refractivity contribution < 1.29 is 18.3 Å². The number of sulfonamides is 1. The standard InChI is InChI=1S/C22H23NO4S/c1-22(24,16-23-28(25,26)21-11-7-6-10-20(21)27-2)19-14-12-18(13-15-19)17-8-4-3-5-9-17/h3-15,23-24H,16H2,1-2H3. The van der Waals surface area contributed by atoms with Crippen LogP contribution in [0.5, 0.6) is 5.75 Å². The molecule has 6 heteroatoms. The van der Waals surface area contributed by atoms with Gasteiger partial charge in [-0.25, -0.2) is 13.1 Å². The van der Waals surface area contributed by atoms with Gasteiger partial charge in [-0.15, -0.1) is 0 Å². The Kier molecular flexibility index (Phi) is 5.84. The number of methoxy groups -OCH3 is 1. The maximum absolute atomic E-state index is 12.6. The van der Waals surface area contributed by atoms with Crippen LogP contribution in [-0.2, 0) is 15.6 Å². The largest absolute Gasteiger partial charge is 0.495 e. The van der Waals surface area contributed by atoms with E-state index < -0.39 is 15.6 Å². The predicted octanol–water partition coefficient (Wildman–Crippen LogP) is 3.55. The van der Waals surface area contributed by atoms with Gasteiger partial charge < -0.3 is 9.84 Å². The molecule has 2 N–H and O–H groups in total. The second kappa shape index (κ2) is 8.14. The number of nitrogens with one attached hydrogen (secondary N) is 1. The summed E-state index contributed by atoms with van der Waals surface area (Å²) in [5, 5.41) is 10.8. The molecule has 0 aliphatic rings. The summed E-state index contributed by atoms with van der Waals surface area (Å²) in [6.45, 7) is 1.41. The van der Waals surface area contributed by atoms with Crippen molar-refractivity contribution in [3.8, 4) is 16.9 Å². The Balaban J connectivity index is 1.76. The van der Waals surface area contributed by atoms with E-state index in [2.05, 4.69) is 4.72 Å². The Morgan fingerprint density at radius 1 is 0.893 bits per heavy atom. The first-order valence-corrected chi connectivity index (χ1v) is 10.3. The second-order valence-corrected chi connectivity index (χ2v) is 8.43. The lowest BCUT2D eigenvalue weighted by atomic mass is 9.94. The van der Waals surface area contributed by atoms with E-state index in [-0.39, 0.29) is 17.2 Å². The Labute approximate surface area is 165 Å². The lowest BCUT2D eigenvalue weighted by Crippen LogP contribution is -2.38. The van der Waals surface area contributed by atoms with Gasteiger partial charge in [-0.3, -0.25) is 0 Å². The number of hydrogen-bond donors (Lipinski definition) is 2. The first kappa shape index (κ1) is 20.1. The van der Waals surface area contributed by atoms with E-state index in [1.54, 1.807) is 37.3 Å². The van der Waals surface area contributed by atoms with Crippen LogP contribution in [0.25, 0.3) is 11.1 Å². The summed E-state index contributed by atoms with van der Waals surface area (Å²) >= 11 is 0. The minimum Gasteiger partial charge on any atom is -0.495 e. The topological polar surface area (TPSA) is 75.6 Å². The summed E-state index contributed by atoms with van der Waals surface area (Å²) in [5.41, 5.74) is 1.35. The van der Waals surface area contributed by atoms with Crippen LogP contribution in [0.3, 0.4) is 0 Å². The molecule has 28 heavy (non-hydrogen) atoms. The molecule has 146 valence electrons. The molecule has 5 nitrogen and oxygen atoms in total. The molecular formula is C22H23NO4S. The Hall–Kier alpha value is -2.67. The van der Waals surface area contributed by atoms with Gasteiger partial charge in [0.2, 0.25) is 10.0 Å². The molecule has 0 aliphatic carbocycles. The summed E-state index contributed by atoms with van der Waals surface area (Å²) in [6.07, 6.45) is 0. The summed E-state index contributed by atoms with van der Waals surface area (Å²) in [4.78, 5) is 0.0349. The van der Waals surface area contributed by atoms with E-state index in [0.29, 0.717) is 5.56 Å². The highest BCUT2D eigenvalue weighted by Crippen LogP contribution is 2.26. The zero-order valence-electron chi connectivity index (χ0n) is 15.8. The van der Waals surface area contributed by atoms with E-state index in [1.165, 1.54) is 13.2 Å². The summed E-state index contributed by atoms with van der Waals surface area (Å²) < 4.78 is 32.9. The zero-order valence-corrected chi connectivity index (χ0v) is 16.6. The molecule has 0 spiro atoms. The highest BCUT2D eigenvalue weighted by Gasteiger charge is 2.27. The van der Waals surface area contributed by atoms with Crippen molar-refractivity contribution in [2.75, 3.05) is 13.7 Å². The van der Waals surface area contributed by atoms with E-state index >= 15 is 0 Å². The molecular weight excluding hydrogens is 374 g/mol. The quantitative estimate of drug-likeness (QED) is 0.639. The SMILES string of the molecule is COc1ccccc1S(=O)(=O)NCC(C)(O)c1ccc(-c2ccccc2)cc1. The molecule has 0 radical (unpaired) electrons. The number of rotatable bonds is 7. The smallest absolute Gasteiger partial charge is 0.244 e. The van der Waals surface area contributed by atoms with E-state index in [1.807, 2.05) is 42.5 Å². The van der Waals surface area contributed by atoms with Crippen LogP contribution in [0.15, 0.2) is 83.8 Å². The van der Waals surface area contributed by atoms with Crippen molar-refractivity contribution in [1.29, 1.82) is 0 Å². The predicted molar refractivity (Wildman–Crippen MR) is 110 cm³/mol. The van der Waals surface area contributed by atoms with Gasteiger partial charge >= 0.3 is 0 Å². The van der Waals surface area contributed by atoms with E-state index in [4.69, 9.17) is 4.74 Å². The van der Waals surface area contributed by atoms with Gasteiger partial charge in [0.1, 0.15) is 16.2 Å². The summed E-state index contributed by atoms with van der Waals surface area (Å²) in [6, 6.07) is 23.7. The number of aliphatic hydroxyl groups is 1. The van der Waals surface area contributed by atoms with Crippen LogP contribution in [0.1, 0.15) is 12.5 Å². The van der Waals surface area contributed by atoms with Crippen LogP contribution >= 0.6 is 0 Å². The molecule has 3 rings (SSSR count). The molecule has 0 amide bonds. The molecule has 0 saturated heterocycles. The van der Waals surface area contributed by atoms with Crippen LogP contribution in [-0.4, -0.2) is 27.2 Å². The molecule has 3 aromatic rings. The van der Waals surface area contributed by atoms with Gasteiger partial charge in [-0.2, -0.15) is 0 Å². The van der Waals surface area contributed by atoms with Crippen molar-refractivity contribution in [3.63, 3.8) is 0 Å². The minimum atomic E-state index is -3.83. The van der Waals surface area contributed by atoms with Crippen molar-refractivity contribution >= 4 is 10.0 Å². The summed E-state index contributed by atoms with van der Waals surface area (Å²) in [5.74, 6) is 0.252. The minimum absolute atomic E-state index is 0.0349. The van der Waals surface area contributed by atoms with Gasteiger partial charge in [0.05, 0.1) is 7.11 Å². The van der Waals surface area contributed by atoms with Crippen molar-refractivity contribution in [3.05, 3.63) is 84.4 Å². The average molecular weight is 397 g/mol. The van der Waals surface area contributed by atoms with Gasteiger partial charge in [-0.1, -0.05) is 66.7 Å². The molecule has 0 heterocycles. The summed E-state index contributed by atoms with van der Waals surface area (Å²) in [7, 11) is -2.41. The van der Waals surface area contributed by atoms with E-state index in [0.717, 1.165) is 11.1 Å². The second-order valence-electron chi connectivity index (χ2n) is 6.69. The number of ether oxygens (including phenoxy) is 1. The molecule has 1 unspecified atom stereocenters. The lowest BCUT2D eigenvalue weighted by molar-refractivity contribution is 0.0627. The molecule has 1 atom stereocenters. The molecule has 0 saturated carbocycles. The molecule has 0 bridgehead atoms.